The summed E-state index contributed by atoms with van der Waals surface area (Å²) >= 11 is 0. The van der Waals surface area contributed by atoms with Gasteiger partial charge in [0.2, 0.25) is 6.79 Å². The third kappa shape index (κ3) is 1.27. The highest BCUT2D eigenvalue weighted by molar-refractivity contribution is 5.70. The fourth-order valence-corrected chi connectivity index (χ4v) is 1.78. The zero-order valence-electron chi connectivity index (χ0n) is 7.86. The second-order valence-electron chi connectivity index (χ2n) is 3.38. The van der Waals surface area contributed by atoms with E-state index >= 15 is 0 Å². The first-order chi connectivity index (χ1) is 7.34. The molecule has 0 aromatic heterocycles. The molecule has 1 aromatic carbocycles. The molecule has 2 aliphatic rings. The maximum Gasteiger partial charge on any atom is 0.407 e. The normalized spacial score (nSPS) is 22.4. The van der Waals surface area contributed by atoms with E-state index in [4.69, 9.17) is 14.2 Å². The van der Waals surface area contributed by atoms with Crippen LogP contribution >= 0.6 is 0 Å². The molecule has 1 saturated heterocycles. The van der Waals surface area contributed by atoms with Gasteiger partial charge in [-0.3, -0.25) is 0 Å². The van der Waals surface area contributed by atoms with Crippen molar-refractivity contribution < 1.29 is 19.0 Å². The molecule has 0 saturated carbocycles. The van der Waals surface area contributed by atoms with Crippen LogP contribution < -0.4 is 14.8 Å². The Bertz CT molecular complexity index is 418. The topological polar surface area (TPSA) is 56.8 Å². The van der Waals surface area contributed by atoms with Crippen LogP contribution in [-0.2, 0) is 4.74 Å². The Morgan fingerprint density at radius 1 is 1.27 bits per heavy atom. The lowest BCUT2D eigenvalue weighted by Crippen LogP contribution is -2.18. The third-order valence-corrected chi connectivity index (χ3v) is 2.48. The molecular weight excluding hydrogens is 198 g/mol. The van der Waals surface area contributed by atoms with E-state index in [9.17, 15) is 4.79 Å². The quantitative estimate of drug-likeness (QED) is 0.751. The van der Waals surface area contributed by atoms with E-state index in [-0.39, 0.29) is 12.8 Å². The number of hydrogen-bond donors (Lipinski definition) is 1. The zero-order chi connectivity index (χ0) is 10.3. The highest BCUT2D eigenvalue weighted by atomic mass is 16.7. The molecule has 0 bridgehead atoms. The van der Waals surface area contributed by atoms with Crippen molar-refractivity contribution in [2.24, 2.45) is 0 Å². The predicted molar refractivity (Wildman–Crippen MR) is 49.8 cm³/mol. The number of hydrogen-bond acceptors (Lipinski definition) is 4. The lowest BCUT2D eigenvalue weighted by molar-refractivity contribution is 0.171. The van der Waals surface area contributed by atoms with Crippen LogP contribution in [-0.4, -0.2) is 19.5 Å². The summed E-state index contributed by atoms with van der Waals surface area (Å²) in [5.41, 5.74) is 0.899. The molecule has 2 heterocycles. The van der Waals surface area contributed by atoms with Gasteiger partial charge in [0, 0.05) is 5.56 Å². The van der Waals surface area contributed by atoms with E-state index in [1.807, 2.05) is 18.2 Å². The second kappa shape index (κ2) is 3.05. The molecule has 5 heteroatoms. The van der Waals surface area contributed by atoms with Crippen LogP contribution in [0.3, 0.4) is 0 Å². The Kier molecular flexibility index (Phi) is 1.71. The monoisotopic (exact) mass is 207 g/mol. The molecule has 0 aliphatic carbocycles. The standard InChI is InChI=1S/C10H9NO4/c12-10-11-7(4-13-10)6-2-1-3-8-9(6)15-5-14-8/h1-3,7H,4-5H2,(H,11,12)/t7-/m0/s1. The fourth-order valence-electron chi connectivity index (χ4n) is 1.78. The molecule has 15 heavy (non-hydrogen) atoms. The van der Waals surface area contributed by atoms with Gasteiger partial charge in [0.05, 0.1) is 6.04 Å². The van der Waals surface area contributed by atoms with Gasteiger partial charge in [-0.1, -0.05) is 12.1 Å². The van der Waals surface area contributed by atoms with E-state index in [0.717, 1.165) is 5.56 Å². The molecule has 2 aliphatic heterocycles. The van der Waals surface area contributed by atoms with Gasteiger partial charge in [0.25, 0.3) is 0 Å². The van der Waals surface area contributed by atoms with Crippen molar-refractivity contribution in [2.75, 3.05) is 13.4 Å². The molecule has 5 nitrogen and oxygen atoms in total. The maximum absolute atomic E-state index is 10.9. The number of carbonyl (C=O) groups is 1. The Hall–Kier alpha value is -1.91. The lowest BCUT2D eigenvalue weighted by Gasteiger charge is -2.10. The molecule has 1 aromatic rings. The highest BCUT2D eigenvalue weighted by Crippen LogP contribution is 2.39. The van der Waals surface area contributed by atoms with Crippen LogP contribution in [0.4, 0.5) is 4.79 Å². The van der Waals surface area contributed by atoms with Crippen LogP contribution in [0, 0.1) is 0 Å². The molecule has 0 unspecified atom stereocenters. The van der Waals surface area contributed by atoms with Crippen molar-refractivity contribution in [3.63, 3.8) is 0 Å². The van der Waals surface area contributed by atoms with E-state index in [2.05, 4.69) is 5.32 Å². The second-order valence-corrected chi connectivity index (χ2v) is 3.38. The Morgan fingerprint density at radius 2 is 2.20 bits per heavy atom. The van der Waals surface area contributed by atoms with Gasteiger partial charge in [0.15, 0.2) is 11.5 Å². The summed E-state index contributed by atoms with van der Waals surface area (Å²) in [5.74, 6) is 1.42. The largest absolute Gasteiger partial charge is 0.454 e. The van der Waals surface area contributed by atoms with Crippen LogP contribution in [0.15, 0.2) is 18.2 Å². The highest BCUT2D eigenvalue weighted by Gasteiger charge is 2.29. The van der Waals surface area contributed by atoms with Crippen molar-refractivity contribution in [1.82, 2.24) is 5.32 Å². The number of cyclic esters (lactones) is 1. The Morgan fingerprint density at radius 3 is 3.00 bits per heavy atom. The number of rotatable bonds is 1. The molecule has 1 N–H and O–H groups in total. The van der Waals surface area contributed by atoms with Gasteiger partial charge >= 0.3 is 6.09 Å². The molecular formula is C10H9NO4. The van der Waals surface area contributed by atoms with Crippen molar-refractivity contribution in [1.29, 1.82) is 0 Å². The molecule has 1 fully saturated rings. The summed E-state index contributed by atoms with van der Waals surface area (Å²) in [7, 11) is 0. The fraction of sp³-hybridized carbons (Fsp3) is 0.300. The van der Waals surface area contributed by atoms with Gasteiger partial charge in [-0.25, -0.2) is 4.79 Å². The molecule has 0 spiro atoms. The van der Waals surface area contributed by atoms with Crippen molar-refractivity contribution in [2.45, 2.75) is 6.04 Å². The summed E-state index contributed by atoms with van der Waals surface area (Å²) in [6, 6.07) is 5.46. The van der Waals surface area contributed by atoms with Crippen LogP contribution in [0.2, 0.25) is 0 Å². The van der Waals surface area contributed by atoms with Crippen LogP contribution in [0.5, 0.6) is 11.5 Å². The van der Waals surface area contributed by atoms with Gasteiger partial charge in [-0.05, 0) is 6.07 Å². The lowest BCUT2D eigenvalue weighted by atomic mass is 10.1. The molecule has 3 rings (SSSR count). The average molecular weight is 207 g/mol. The van der Waals surface area contributed by atoms with E-state index in [0.29, 0.717) is 18.1 Å². The minimum atomic E-state index is -0.392. The minimum absolute atomic E-state index is 0.144. The zero-order valence-corrected chi connectivity index (χ0v) is 7.86. The number of para-hydroxylation sites is 1. The number of fused-ring (bicyclic) bond motifs is 1. The van der Waals surface area contributed by atoms with E-state index in [1.54, 1.807) is 0 Å². The predicted octanol–water partition coefficient (Wildman–Crippen LogP) is 1.20. The molecule has 1 amide bonds. The van der Waals surface area contributed by atoms with Crippen LogP contribution in [0.1, 0.15) is 11.6 Å². The smallest absolute Gasteiger partial charge is 0.407 e. The Labute approximate surface area is 85.9 Å². The number of nitrogens with one attached hydrogen (secondary N) is 1. The molecule has 0 radical (unpaired) electrons. The van der Waals surface area contributed by atoms with Gasteiger partial charge in [-0.15, -0.1) is 0 Å². The number of alkyl carbamates (subject to hydrolysis) is 1. The summed E-state index contributed by atoms with van der Waals surface area (Å²) in [6.07, 6.45) is -0.392. The number of carbonyl (C=O) groups excluding carboxylic acids is 1. The first-order valence-electron chi connectivity index (χ1n) is 4.66. The summed E-state index contributed by atoms with van der Waals surface area (Å²) in [4.78, 5) is 10.9. The summed E-state index contributed by atoms with van der Waals surface area (Å²) < 4.78 is 15.4. The Balaban J connectivity index is 1.98. The SMILES string of the molecule is O=C1N[C@H](c2cccc3c2OCO3)CO1. The van der Waals surface area contributed by atoms with Crippen LogP contribution in [0.25, 0.3) is 0 Å². The number of ether oxygens (including phenoxy) is 3. The van der Waals surface area contributed by atoms with Crippen molar-refractivity contribution in [3.05, 3.63) is 23.8 Å². The summed E-state index contributed by atoms with van der Waals surface area (Å²) in [5, 5.41) is 2.70. The minimum Gasteiger partial charge on any atom is -0.454 e. The number of amides is 1. The average Bonchev–Trinajstić information content (AvgIpc) is 2.84. The third-order valence-electron chi connectivity index (χ3n) is 2.48. The first-order valence-corrected chi connectivity index (χ1v) is 4.66. The molecule has 78 valence electrons. The van der Waals surface area contributed by atoms with E-state index < -0.39 is 6.09 Å². The maximum atomic E-state index is 10.9. The number of benzene rings is 1. The van der Waals surface area contributed by atoms with E-state index in [1.165, 1.54) is 0 Å². The van der Waals surface area contributed by atoms with Gasteiger partial charge in [-0.2, -0.15) is 0 Å². The first kappa shape index (κ1) is 8.40. The molecule has 1 atom stereocenters. The van der Waals surface area contributed by atoms with Gasteiger partial charge < -0.3 is 19.5 Å². The van der Waals surface area contributed by atoms with Crippen molar-refractivity contribution >= 4 is 6.09 Å². The van der Waals surface area contributed by atoms with Crippen molar-refractivity contribution in [3.8, 4) is 11.5 Å². The summed E-state index contributed by atoms with van der Waals surface area (Å²) in [6.45, 7) is 0.562. The van der Waals surface area contributed by atoms with Gasteiger partial charge in [0.1, 0.15) is 6.61 Å².